The summed E-state index contributed by atoms with van der Waals surface area (Å²) in [6.45, 7) is 3.11. The highest BCUT2D eigenvalue weighted by atomic mass is 35.5. The summed E-state index contributed by atoms with van der Waals surface area (Å²) in [5.74, 6) is 0. The number of aliphatic hydroxyl groups is 3. The van der Waals surface area contributed by atoms with Gasteiger partial charge >= 0.3 is 0 Å². The second-order valence-corrected chi connectivity index (χ2v) is 12.1. The number of hydrogen-bond donors (Lipinski definition) is 3. The Morgan fingerprint density at radius 1 is 0.476 bits per heavy atom. The van der Waals surface area contributed by atoms with Gasteiger partial charge in [0.15, 0.2) is 0 Å². The van der Waals surface area contributed by atoms with E-state index in [0.29, 0.717) is 89.4 Å². The second kappa shape index (κ2) is 15.5. The molecule has 0 fully saturated rings. The molecule has 9 nitrogen and oxygen atoms in total. The topological polar surface area (TPSA) is 87.1 Å². The molecule has 0 aliphatic carbocycles. The molecule has 1 aromatic carbocycles. The Morgan fingerprint density at radius 2 is 0.738 bits per heavy atom. The molecule has 4 rings (SSSR count). The molecule has 0 unspecified atom stereocenters. The van der Waals surface area contributed by atoms with Gasteiger partial charge < -0.3 is 15.3 Å². The van der Waals surface area contributed by atoms with Crippen molar-refractivity contribution in [3.8, 4) is 0 Å². The third kappa shape index (κ3) is 7.94. The molecule has 0 radical (unpaired) electrons. The molecule has 0 amide bonds. The third-order valence-electron chi connectivity index (χ3n) is 6.70. The van der Waals surface area contributed by atoms with Crippen LogP contribution >= 0.6 is 69.6 Å². The third-order valence-corrected chi connectivity index (χ3v) is 9.37. The van der Waals surface area contributed by atoms with Gasteiger partial charge in [-0.15, -0.1) is 0 Å². The van der Waals surface area contributed by atoms with Gasteiger partial charge in [-0.1, -0.05) is 0 Å². The van der Waals surface area contributed by atoms with Crippen LogP contribution in [-0.4, -0.2) is 48.8 Å². The highest BCUT2D eigenvalue weighted by molar-refractivity contribution is 6.40. The fraction of sp³-hybridized carbons (Fsp3) is 0.444. The smallest absolute Gasteiger partial charge is 0.255 e. The van der Waals surface area contributed by atoms with E-state index in [2.05, 4.69) is 18.2 Å². The molecular weight excluding hydrogens is 669 g/mol. The normalized spacial score (nSPS) is 11.6. The van der Waals surface area contributed by atoms with Crippen LogP contribution in [0.3, 0.4) is 0 Å². The molecule has 0 saturated carbocycles. The Labute approximate surface area is 274 Å². The number of aliphatic hydroxyl groups excluding tert-OH is 3. The monoisotopic (exact) mass is 699 g/mol. The van der Waals surface area contributed by atoms with Gasteiger partial charge in [-0.3, -0.25) is 0 Å². The van der Waals surface area contributed by atoms with E-state index in [4.69, 9.17) is 69.6 Å². The Hall–Kier alpha value is -1.53. The summed E-state index contributed by atoms with van der Waals surface area (Å²) in [6.07, 6.45) is 7.19. The first-order valence-corrected chi connectivity index (χ1v) is 15.7. The van der Waals surface area contributed by atoms with Crippen molar-refractivity contribution in [2.75, 3.05) is 19.8 Å². The molecule has 3 heterocycles. The molecule has 0 bridgehead atoms. The van der Waals surface area contributed by atoms with E-state index < -0.39 is 0 Å². The van der Waals surface area contributed by atoms with Crippen LogP contribution < -0.4 is 13.7 Å². The number of nitrogens with zero attached hydrogens (tertiary/aromatic N) is 6. The molecule has 3 aromatic heterocycles. The molecular formula is C27H33Cl6N6O3+3. The number of imidazole rings is 3. The van der Waals surface area contributed by atoms with E-state index in [1.807, 2.05) is 46.4 Å². The Morgan fingerprint density at radius 3 is 0.976 bits per heavy atom. The van der Waals surface area contributed by atoms with Crippen molar-refractivity contribution in [1.82, 2.24) is 13.7 Å². The summed E-state index contributed by atoms with van der Waals surface area (Å²) in [5, 5.41) is 30.1. The molecule has 0 aliphatic rings. The van der Waals surface area contributed by atoms with Crippen LogP contribution in [0, 0.1) is 0 Å². The predicted molar refractivity (Wildman–Crippen MR) is 163 cm³/mol. The van der Waals surface area contributed by atoms with Crippen molar-refractivity contribution in [3.05, 3.63) is 84.8 Å². The van der Waals surface area contributed by atoms with Gasteiger partial charge in [-0.05, 0) is 104 Å². The minimum Gasteiger partial charge on any atom is -0.396 e. The Balaban J connectivity index is 1.69. The van der Waals surface area contributed by atoms with E-state index in [1.54, 1.807) is 0 Å². The maximum absolute atomic E-state index is 9.23. The fourth-order valence-electron chi connectivity index (χ4n) is 4.74. The van der Waals surface area contributed by atoms with Gasteiger partial charge in [0.2, 0.25) is 19.0 Å². The zero-order chi connectivity index (χ0) is 30.4. The van der Waals surface area contributed by atoms with Gasteiger partial charge in [0, 0.05) is 39.1 Å². The largest absolute Gasteiger partial charge is 0.396 e. The maximum atomic E-state index is 9.23. The van der Waals surface area contributed by atoms with Crippen molar-refractivity contribution in [2.45, 2.75) is 58.5 Å². The van der Waals surface area contributed by atoms with Gasteiger partial charge in [0.05, 0.1) is 19.6 Å². The number of halogens is 6. The molecule has 0 spiro atoms. The van der Waals surface area contributed by atoms with Crippen LogP contribution in [0.5, 0.6) is 0 Å². The van der Waals surface area contributed by atoms with Crippen molar-refractivity contribution >= 4 is 69.6 Å². The lowest BCUT2D eigenvalue weighted by molar-refractivity contribution is -0.687. The Kier molecular flexibility index (Phi) is 12.3. The van der Waals surface area contributed by atoms with Gasteiger partial charge in [0.1, 0.15) is 19.6 Å². The summed E-state index contributed by atoms with van der Waals surface area (Å²) in [6, 6.07) is 6.21. The molecule has 228 valence electrons. The second-order valence-electron chi connectivity index (χ2n) is 9.94. The molecule has 0 aliphatic heterocycles. The molecule has 15 heteroatoms. The highest BCUT2D eigenvalue weighted by Gasteiger charge is 2.24. The molecule has 42 heavy (non-hydrogen) atoms. The van der Waals surface area contributed by atoms with Gasteiger partial charge in [-0.25, -0.2) is 27.4 Å². The number of hydrogen-bond acceptors (Lipinski definition) is 3. The molecule has 4 aromatic rings. The standard InChI is InChI=1S/C27H33Cl6N6O3/c28-22-25(31)37(16-34(22)4-1-7-40)13-19-10-20(14-38-17-35(5-2-8-41)23(29)26(38)32)12-21(11-19)15-39-18-36(6-3-9-42)24(30)27(39)33/h10-12,16-18,40-42H,1-9,13-15H2/q+3. The van der Waals surface area contributed by atoms with Crippen LogP contribution in [0.1, 0.15) is 36.0 Å². The minimum absolute atomic E-state index is 0.0511. The van der Waals surface area contributed by atoms with Crippen LogP contribution in [0.4, 0.5) is 0 Å². The average Bonchev–Trinajstić information content (AvgIpc) is 3.51. The predicted octanol–water partition coefficient (Wildman–Crippen LogP) is 4.17. The van der Waals surface area contributed by atoms with Crippen molar-refractivity contribution in [3.63, 3.8) is 0 Å². The minimum atomic E-state index is 0.0511. The van der Waals surface area contributed by atoms with Crippen molar-refractivity contribution < 1.29 is 29.0 Å². The van der Waals surface area contributed by atoms with Gasteiger partial charge in [0.25, 0.3) is 30.9 Å². The fourth-order valence-corrected chi connectivity index (χ4v) is 6.09. The zero-order valence-corrected chi connectivity index (χ0v) is 27.3. The summed E-state index contributed by atoms with van der Waals surface area (Å²) < 4.78 is 11.0. The first-order valence-electron chi connectivity index (χ1n) is 13.4. The first kappa shape index (κ1) is 33.4. The first-order chi connectivity index (χ1) is 20.2. The lowest BCUT2D eigenvalue weighted by atomic mass is 10.0. The lowest BCUT2D eigenvalue weighted by Gasteiger charge is -2.08. The van der Waals surface area contributed by atoms with Crippen molar-refractivity contribution in [2.24, 2.45) is 0 Å². The van der Waals surface area contributed by atoms with Crippen LogP contribution in [-0.2, 0) is 39.3 Å². The van der Waals surface area contributed by atoms with E-state index in [9.17, 15) is 15.3 Å². The summed E-state index contributed by atoms with van der Waals surface area (Å²) >= 11 is 39.1. The maximum Gasteiger partial charge on any atom is 0.255 e. The number of benzene rings is 1. The molecule has 0 saturated heterocycles. The van der Waals surface area contributed by atoms with Crippen LogP contribution in [0.25, 0.3) is 0 Å². The summed E-state index contributed by atoms with van der Waals surface area (Å²) in [4.78, 5) is 0. The summed E-state index contributed by atoms with van der Waals surface area (Å²) in [5.41, 5.74) is 2.90. The summed E-state index contributed by atoms with van der Waals surface area (Å²) in [7, 11) is 0. The lowest BCUT2D eigenvalue weighted by Crippen LogP contribution is -2.36. The van der Waals surface area contributed by atoms with E-state index in [-0.39, 0.29) is 19.8 Å². The quantitative estimate of drug-likeness (QED) is 0.163. The number of aryl methyl sites for hydroxylation is 3. The molecule has 0 atom stereocenters. The zero-order valence-electron chi connectivity index (χ0n) is 22.7. The average molecular weight is 702 g/mol. The van der Waals surface area contributed by atoms with Crippen molar-refractivity contribution in [1.29, 1.82) is 0 Å². The van der Waals surface area contributed by atoms with Crippen LogP contribution in [0.15, 0.2) is 37.2 Å². The molecule has 3 N–H and O–H groups in total. The van der Waals surface area contributed by atoms with E-state index >= 15 is 0 Å². The van der Waals surface area contributed by atoms with E-state index in [0.717, 1.165) is 16.7 Å². The number of rotatable bonds is 15. The van der Waals surface area contributed by atoms with Crippen LogP contribution in [0.2, 0.25) is 30.9 Å². The SMILES string of the molecule is OCCCn1c[n+](Cc2cc(C[n+]3cn(CCCO)c(Cl)c3Cl)cc(C[n+]3cn(CCCO)c(Cl)c3Cl)c2)c(Cl)c1Cl. The Bertz CT molecular complexity index is 1330. The number of aromatic nitrogens is 6. The van der Waals surface area contributed by atoms with E-state index in [1.165, 1.54) is 0 Å². The highest BCUT2D eigenvalue weighted by Crippen LogP contribution is 2.23. The van der Waals surface area contributed by atoms with Gasteiger partial charge in [-0.2, -0.15) is 0 Å².